The highest BCUT2D eigenvalue weighted by Crippen LogP contribution is 2.22. The van der Waals surface area contributed by atoms with Crippen LogP contribution in [0.1, 0.15) is 34.6 Å². The first-order valence-corrected chi connectivity index (χ1v) is 5.89. The molecule has 2 unspecified atom stereocenters. The second kappa shape index (κ2) is 6.46. The van der Waals surface area contributed by atoms with Crippen molar-refractivity contribution in [1.29, 1.82) is 0 Å². The quantitative estimate of drug-likeness (QED) is 0.674. The van der Waals surface area contributed by atoms with Crippen LogP contribution in [0.15, 0.2) is 0 Å². The van der Waals surface area contributed by atoms with Crippen LogP contribution >= 0.6 is 0 Å². The van der Waals surface area contributed by atoms with Crippen molar-refractivity contribution in [1.82, 2.24) is 10.2 Å². The number of likely N-dealkylation sites (N-methyl/N-ethyl adjacent to an activating group) is 1. The zero-order chi connectivity index (χ0) is 12.1. The van der Waals surface area contributed by atoms with Gasteiger partial charge in [0.1, 0.15) is 0 Å². The SMILES string of the molecule is CCNC(C)C(C)(C)CN(C)C(C)CO. The molecule has 0 aromatic heterocycles. The first-order chi connectivity index (χ1) is 6.85. The lowest BCUT2D eigenvalue weighted by Gasteiger charge is -2.37. The molecule has 3 heteroatoms. The smallest absolute Gasteiger partial charge is 0.0584 e. The highest BCUT2D eigenvalue weighted by atomic mass is 16.3. The van der Waals surface area contributed by atoms with E-state index in [0.29, 0.717) is 6.04 Å². The van der Waals surface area contributed by atoms with E-state index in [-0.39, 0.29) is 18.1 Å². The summed E-state index contributed by atoms with van der Waals surface area (Å²) in [4.78, 5) is 2.22. The molecule has 0 amide bonds. The molecule has 3 nitrogen and oxygen atoms in total. The molecule has 15 heavy (non-hydrogen) atoms. The molecular weight excluding hydrogens is 188 g/mol. The maximum Gasteiger partial charge on any atom is 0.0584 e. The van der Waals surface area contributed by atoms with Gasteiger partial charge in [0.15, 0.2) is 0 Å². The lowest BCUT2D eigenvalue weighted by atomic mass is 9.84. The number of rotatable bonds is 7. The Morgan fingerprint density at radius 1 is 1.33 bits per heavy atom. The first kappa shape index (κ1) is 14.9. The van der Waals surface area contributed by atoms with Crippen LogP contribution in [-0.2, 0) is 0 Å². The van der Waals surface area contributed by atoms with E-state index in [4.69, 9.17) is 5.11 Å². The van der Waals surface area contributed by atoms with Gasteiger partial charge in [-0.25, -0.2) is 0 Å². The molecule has 0 saturated heterocycles. The molecule has 0 rings (SSSR count). The standard InChI is InChI=1S/C12H28N2O/c1-7-13-11(3)12(4,5)9-14(6)10(2)8-15/h10-11,13,15H,7-9H2,1-6H3. The average Bonchev–Trinajstić information content (AvgIpc) is 2.16. The van der Waals surface area contributed by atoms with Crippen LogP contribution in [0.5, 0.6) is 0 Å². The Morgan fingerprint density at radius 3 is 2.27 bits per heavy atom. The molecule has 0 aliphatic rings. The summed E-state index contributed by atoms with van der Waals surface area (Å²) < 4.78 is 0. The fraction of sp³-hybridized carbons (Fsp3) is 1.00. The van der Waals surface area contributed by atoms with Crippen LogP contribution in [0.25, 0.3) is 0 Å². The molecule has 2 atom stereocenters. The van der Waals surface area contributed by atoms with Crippen molar-refractivity contribution in [3.63, 3.8) is 0 Å². The Kier molecular flexibility index (Phi) is 6.41. The summed E-state index contributed by atoms with van der Waals surface area (Å²) in [5.41, 5.74) is 0.216. The van der Waals surface area contributed by atoms with Gasteiger partial charge in [-0.05, 0) is 32.9 Å². The van der Waals surface area contributed by atoms with Crippen molar-refractivity contribution in [3.8, 4) is 0 Å². The van der Waals surface area contributed by atoms with E-state index in [0.717, 1.165) is 13.1 Å². The van der Waals surface area contributed by atoms with Crippen molar-refractivity contribution in [3.05, 3.63) is 0 Å². The van der Waals surface area contributed by atoms with Crippen LogP contribution in [-0.4, -0.2) is 48.8 Å². The molecule has 92 valence electrons. The number of hydrogen-bond acceptors (Lipinski definition) is 3. The minimum atomic E-state index is 0.216. The third-order valence-electron chi connectivity index (χ3n) is 3.36. The van der Waals surface area contributed by atoms with E-state index < -0.39 is 0 Å². The Labute approximate surface area is 94.9 Å². The lowest BCUT2D eigenvalue weighted by molar-refractivity contribution is 0.101. The van der Waals surface area contributed by atoms with Crippen molar-refractivity contribution in [2.45, 2.75) is 46.7 Å². The van der Waals surface area contributed by atoms with Gasteiger partial charge in [0.05, 0.1) is 6.61 Å². The number of nitrogens with zero attached hydrogens (tertiary/aromatic N) is 1. The predicted molar refractivity (Wildman–Crippen MR) is 66.1 cm³/mol. The molecule has 0 aromatic rings. The Bertz CT molecular complexity index is 171. The largest absolute Gasteiger partial charge is 0.395 e. The van der Waals surface area contributed by atoms with Gasteiger partial charge >= 0.3 is 0 Å². The second-order valence-corrected chi connectivity index (χ2v) is 5.21. The van der Waals surface area contributed by atoms with Crippen molar-refractivity contribution < 1.29 is 5.11 Å². The summed E-state index contributed by atoms with van der Waals surface area (Å²) >= 11 is 0. The fourth-order valence-corrected chi connectivity index (χ4v) is 1.66. The normalized spacial score (nSPS) is 16.8. The molecule has 2 N–H and O–H groups in total. The van der Waals surface area contributed by atoms with Gasteiger partial charge < -0.3 is 15.3 Å². The molecule has 0 spiro atoms. The molecule has 0 bridgehead atoms. The molecule has 0 aliphatic carbocycles. The van der Waals surface area contributed by atoms with Crippen LogP contribution in [0.3, 0.4) is 0 Å². The Morgan fingerprint density at radius 2 is 1.87 bits per heavy atom. The fourth-order valence-electron chi connectivity index (χ4n) is 1.66. The second-order valence-electron chi connectivity index (χ2n) is 5.21. The van der Waals surface area contributed by atoms with E-state index in [1.165, 1.54) is 0 Å². The number of nitrogens with one attached hydrogen (secondary N) is 1. The van der Waals surface area contributed by atoms with Gasteiger partial charge in [-0.2, -0.15) is 0 Å². The number of hydrogen-bond donors (Lipinski definition) is 2. The van der Waals surface area contributed by atoms with E-state index in [2.05, 4.69) is 45.0 Å². The minimum Gasteiger partial charge on any atom is -0.395 e. The van der Waals surface area contributed by atoms with E-state index >= 15 is 0 Å². The molecule has 0 radical (unpaired) electrons. The molecule has 0 aliphatic heterocycles. The maximum atomic E-state index is 9.09. The Hall–Kier alpha value is -0.120. The summed E-state index contributed by atoms with van der Waals surface area (Å²) in [5, 5.41) is 12.5. The van der Waals surface area contributed by atoms with Crippen molar-refractivity contribution in [2.75, 3.05) is 26.7 Å². The predicted octanol–water partition coefficient (Wildman–Crippen LogP) is 1.32. The number of aliphatic hydroxyl groups is 1. The summed E-state index contributed by atoms with van der Waals surface area (Å²) in [7, 11) is 2.07. The van der Waals surface area contributed by atoms with Gasteiger partial charge in [0.2, 0.25) is 0 Å². The molecule has 0 fully saturated rings. The summed E-state index contributed by atoms with van der Waals surface area (Å²) in [6.07, 6.45) is 0. The van der Waals surface area contributed by atoms with Crippen LogP contribution in [0, 0.1) is 5.41 Å². The molecule has 0 heterocycles. The third kappa shape index (κ3) is 4.96. The lowest BCUT2D eigenvalue weighted by Crippen LogP contribution is -2.48. The topological polar surface area (TPSA) is 35.5 Å². The molecular formula is C12H28N2O. The van der Waals surface area contributed by atoms with E-state index in [9.17, 15) is 0 Å². The average molecular weight is 216 g/mol. The van der Waals surface area contributed by atoms with Gasteiger partial charge in [-0.1, -0.05) is 20.8 Å². The van der Waals surface area contributed by atoms with Gasteiger partial charge in [-0.15, -0.1) is 0 Å². The van der Waals surface area contributed by atoms with E-state index in [1.807, 2.05) is 6.92 Å². The van der Waals surface area contributed by atoms with Gasteiger partial charge in [-0.3, -0.25) is 0 Å². The van der Waals surface area contributed by atoms with E-state index in [1.54, 1.807) is 0 Å². The summed E-state index contributed by atoms with van der Waals surface area (Å²) in [6.45, 7) is 13.2. The van der Waals surface area contributed by atoms with Crippen LogP contribution < -0.4 is 5.32 Å². The van der Waals surface area contributed by atoms with Crippen molar-refractivity contribution in [2.24, 2.45) is 5.41 Å². The maximum absolute atomic E-state index is 9.09. The molecule has 0 aromatic carbocycles. The Balaban J connectivity index is 4.22. The molecule has 0 saturated carbocycles. The summed E-state index contributed by atoms with van der Waals surface area (Å²) in [6, 6.07) is 0.717. The highest BCUT2D eigenvalue weighted by Gasteiger charge is 2.27. The zero-order valence-electron chi connectivity index (χ0n) is 11.2. The van der Waals surface area contributed by atoms with Crippen molar-refractivity contribution >= 4 is 0 Å². The number of aliphatic hydroxyl groups excluding tert-OH is 1. The zero-order valence-corrected chi connectivity index (χ0v) is 11.2. The highest BCUT2D eigenvalue weighted by molar-refractivity contribution is 4.84. The first-order valence-electron chi connectivity index (χ1n) is 5.89. The van der Waals surface area contributed by atoms with Crippen LogP contribution in [0.2, 0.25) is 0 Å². The van der Waals surface area contributed by atoms with Gasteiger partial charge in [0, 0.05) is 18.6 Å². The van der Waals surface area contributed by atoms with Gasteiger partial charge in [0.25, 0.3) is 0 Å². The third-order valence-corrected chi connectivity index (χ3v) is 3.36. The minimum absolute atomic E-state index is 0.216. The monoisotopic (exact) mass is 216 g/mol. The van der Waals surface area contributed by atoms with Crippen LogP contribution in [0.4, 0.5) is 0 Å². The summed E-state index contributed by atoms with van der Waals surface area (Å²) in [5.74, 6) is 0.